The second-order valence-electron chi connectivity index (χ2n) is 6.28. The zero-order chi connectivity index (χ0) is 15.7. The fraction of sp³-hybridized carbons (Fsp3) is 0.444. The maximum Gasteiger partial charge on any atom is 0.276 e. The summed E-state index contributed by atoms with van der Waals surface area (Å²) in [7, 11) is 0. The summed E-state index contributed by atoms with van der Waals surface area (Å²) in [4.78, 5) is 14.7. The smallest absolute Gasteiger partial charge is 0.276 e. The lowest BCUT2D eigenvalue weighted by molar-refractivity contribution is 0.0724. The molecule has 4 heteroatoms. The van der Waals surface area contributed by atoms with Crippen molar-refractivity contribution >= 4 is 5.91 Å². The number of carbonyl (C=O) groups excluding carboxylic acids is 1. The Labute approximate surface area is 131 Å². The van der Waals surface area contributed by atoms with E-state index in [1.54, 1.807) is 6.07 Å². The van der Waals surface area contributed by atoms with Crippen LogP contribution in [0.2, 0.25) is 0 Å². The molecule has 1 amide bonds. The molecule has 1 atom stereocenters. The molecule has 1 aliphatic rings. The second kappa shape index (κ2) is 5.95. The molecule has 2 heterocycles. The molecule has 0 bridgehead atoms. The number of carbonyl (C=O) groups is 1. The largest absolute Gasteiger partial charge is 0.360 e. The summed E-state index contributed by atoms with van der Waals surface area (Å²) in [6.45, 7) is 6.94. The van der Waals surface area contributed by atoms with Crippen LogP contribution in [0.25, 0.3) is 0 Å². The van der Waals surface area contributed by atoms with Crippen LogP contribution < -0.4 is 0 Å². The van der Waals surface area contributed by atoms with Crippen molar-refractivity contribution in [2.75, 3.05) is 6.54 Å². The van der Waals surface area contributed by atoms with E-state index in [9.17, 15) is 4.79 Å². The molecule has 4 nitrogen and oxygen atoms in total. The molecule has 1 aliphatic heterocycles. The molecule has 1 aromatic heterocycles. The Hall–Kier alpha value is -2.10. The van der Waals surface area contributed by atoms with Gasteiger partial charge in [0.05, 0.1) is 6.04 Å². The molecule has 0 radical (unpaired) electrons. The molecule has 0 unspecified atom stereocenters. The molecule has 3 rings (SSSR count). The van der Waals surface area contributed by atoms with Crippen molar-refractivity contribution in [2.45, 2.75) is 45.6 Å². The third-order valence-electron chi connectivity index (χ3n) is 4.38. The van der Waals surface area contributed by atoms with Crippen molar-refractivity contribution in [3.8, 4) is 0 Å². The highest BCUT2D eigenvalue weighted by Crippen LogP contribution is 2.34. The molecule has 2 aromatic rings. The molecule has 0 saturated carbocycles. The first-order valence-corrected chi connectivity index (χ1v) is 7.91. The molecular weight excluding hydrogens is 276 g/mol. The maximum absolute atomic E-state index is 12.8. The summed E-state index contributed by atoms with van der Waals surface area (Å²) in [5, 5.41) is 3.97. The van der Waals surface area contributed by atoms with Gasteiger partial charge in [0.25, 0.3) is 5.91 Å². The van der Waals surface area contributed by atoms with Crippen LogP contribution in [0.1, 0.15) is 66.0 Å². The van der Waals surface area contributed by atoms with Gasteiger partial charge in [-0.1, -0.05) is 43.3 Å². The Balaban J connectivity index is 1.86. The Morgan fingerprint density at radius 3 is 2.82 bits per heavy atom. The Kier molecular flexibility index (Phi) is 4.01. The highest BCUT2D eigenvalue weighted by Gasteiger charge is 2.32. The molecule has 1 aromatic carbocycles. The average Bonchev–Trinajstić information content (AvgIpc) is 3.16. The first-order valence-electron chi connectivity index (χ1n) is 7.91. The maximum atomic E-state index is 12.8. The van der Waals surface area contributed by atoms with Gasteiger partial charge in [0.2, 0.25) is 0 Å². The monoisotopic (exact) mass is 298 g/mol. The zero-order valence-electron chi connectivity index (χ0n) is 13.4. The SMILES string of the molecule is Cc1ccccc1[C@H]1CCCN1C(=O)c1cc(C(C)C)on1. The van der Waals surface area contributed by atoms with Crippen LogP contribution in [-0.4, -0.2) is 22.5 Å². The van der Waals surface area contributed by atoms with Crippen molar-refractivity contribution in [1.82, 2.24) is 10.1 Å². The van der Waals surface area contributed by atoms with E-state index in [1.807, 2.05) is 30.9 Å². The molecule has 116 valence electrons. The number of benzene rings is 1. The molecule has 0 aliphatic carbocycles. The van der Waals surface area contributed by atoms with Gasteiger partial charge in [0, 0.05) is 18.5 Å². The number of likely N-dealkylation sites (tertiary alicyclic amines) is 1. The number of hydrogen-bond donors (Lipinski definition) is 0. The van der Waals surface area contributed by atoms with Gasteiger partial charge in [-0.25, -0.2) is 0 Å². The van der Waals surface area contributed by atoms with Gasteiger partial charge >= 0.3 is 0 Å². The van der Waals surface area contributed by atoms with Crippen molar-refractivity contribution in [2.24, 2.45) is 0 Å². The van der Waals surface area contributed by atoms with Crippen molar-refractivity contribution in [3.05, 3.63) is 52.9 Å². The number of nitrogens with zero attached hydrogens (tertiary/aromatic N) is 2. The van der Waals surface area contributed by atoms with Crippen LogP contribution in [-0.2, 0) is 0 Å². The van der Waals surface area contributed by atoms with Gasteiger partial charge < -0.3 is 9.42 Å². The van der Waals surface area contributed by atoms with Gasteiger partial charge in [-0.05, 0) is 30.9 Å². The average molecular weight is 298 g/mol. The van der Waals surface area contributed by atoms with E-state index in [2.05, 4.69) is 24.2 Å². The van der Waals surface area contributed by atoms with Crippen LogP contribution >= 0.6 is 0 Å². The minimum Gasteiger partial charge on any atom is -0.360 e. The third kappa shape index (κ3) is 2.65. The summed E-state index contributed by atoms with van der Waals surface area (Å²) < 4.78 is 5.27. The van der Waals surface area contributed by atoms with Crippen LogP contribution in [0.3, 0.4) is 0 Å². The molecule has 22 heavy (non-hydrogen) atoms. The van der Waals surface area contributed by atoms with Crippen LogP contribution in [0.15, 0.2) is 34.9 Å². The summed E-state index contributed by atoms with van der Waals surface area (Å²) in [5.74, 6) is 0.969. The Morgan fingerprint density at radius 2 is 2.14 bits per heavy atom. The fourth-order valence-corrected chi connectivity index (χ4v) is 3.10. The molecule has 1 fully saturated rings. The van der Waals surface area contributed by atoms with Crippen molar-refractivity contribution < 1.29 is 9.32 Å². The van der Waals surface area contributed by atoms with Gasteiger partial charge in [-0.15, -0.1) is 0 Å². The highest BCUT2D eigenvalue weighted by molar-refractivity contribution is 5.92. The zero-order valence-corrected chi connectivity index (χ0v) is 13.4. The lowest BCUT2D eigenvalue weighted by Crippen LogP contribution is -2.31. The quantitative estimate of drug-likeness (QED) is 0.857. The van der Waals surface area contributed by atoms with E-state index in [4.69, 9.17) is 4.52 Å². The van der Waals surface area contributed by atoms with Crippen LogP contribution in [0, 0.1) is 6.92 Å². The standard InChI is InChI=1S/C18H22N2O2/c1-12(2)17-11-15(19-22-17)18(21)20-10-6-9-16(20)14-8-5-4-7-13(14)3/h4-5,7-8,11-12,16H,6,9-10H2,1-3H3/t16-/m1/s1. The topological polar surface area (TPSA) is 46.3 Å². The fourth-order valence-electron chi connectivity index (χ4n) is 3.10. The molecular formula is C18H22N2O2. The Morgan fingerprint density at radius 1 is 1.36 bits per heavy atom. The van der Waals surface area contributed by atoms with E-state index >= 15 is 0 Å². The van der Waals surface area contributed by atoms with Gasteiger partial charge in [-0.3, -0.25) is 4.79 Å². The lowest BCUT2D eigenvalue weighted by Gasteiger charge is -2.25. The summed E-state index contributed by atoms with van der Waals surface area (Å²) >= 11 is 0. The molecule has 1 saturated heterocycles. The number of amides is 1. The molecule has 0 N–H and O–H groups in total. The summed E-state index contributed by atoms with van der Waals surface area (Å²) in [6, 6.07) is 10.2. The predicted octanol–water partition coefficient (Wildman–Crippen LogP) is 4.08. The number of rotatable bonds is 3. The first kappa shape index (κ1) is 14.8. The van der Waals surface area contributed by atoms with E-state index in [0.717, 1.165) is 25.1 Å². The van der Waals surface area contributed by atoms with E-state index in [-0.39, 0.29) is 17.9 Å². The summed E-state index contributed by atoms with van der Waals surface area (Å²) in [5.41, 5.74) is 2.89. The number of hydrogen-bond acceptors (Lipinski definition) is 3. The van der Waals surface area contributed by atoms with E-state index in [1.165, 1.54) is 11.1 Å². The predicted molar refractivity (Wildman–Crippen MR) is 84.8 cm³/mol. The van der Waals surface area contributed by atoms with Gasteiger partial charge in [0.1, 0.15) is 5.76 Å². The normalized spacial score (nSPS) is 18.2. The third-order valence-corrected chi connectivity index (χ3v) is 4.38. The number of aryl methyl sites for hydroxylation is 1. The summed E-state index contributed by atoms with van der Waals surface area (Å²) in [6.07, 6.45) is 2.03. The Bertz CT molecular complexity index is 675. The minimum absolute atomic E-state index is 0.0265. The second-order valence-corrected chi connectivity index (χ2v) is 6.28. The highest BCUT2D eigenvalue weighted by atomic mass is 16.5. The van der Waals surface area contributed by atoms with Crippen LogP contribution in [0.4, 0.5) is 0 Å². The van der Waals surface area contributed by atoms with E-state index < -0.39 is 0 Å². The van der Waals surface area contributed by atoms with E-state index in [0.29, 0.717) is 5.69 Å². The van der Waals surface area contributed by atoms with Crippen molar-refractivity contribution in [3.63, 3.8) is 0 Å². The minimum atomic E-state index is -0.0265. The lowest BCUT2D eigenvalue weighted by atomic mass is 9.99. The van der Waals surface area contributed by atoms with Crippen molar-refractivity contribution in [1.29, 1.82) is 0 Å². The van der Waals surface area contributed by atoms with Crippen LogP contribution in [0.5, 0.6) is 0 Å². The van der Waals surface area contributed by atoms with Gasteiger partial charge in [0.15, 0.2) is 5.69 Å². The molecule has 0 spiro atoms. The number of aromatic nitrogens is 1. The van der Waals surface area contributed by atoms with Gasteiger partial charge in [-0.2, -0.15) is 0 Å². The first-order chi connectivity index (χ1) is 10.6.